The van der Waals surface area contributed by atoms with Gasteiger partial charge in [-0.05, 0) is 56.2 Å². The lowest BCUT2D eigenvalue weighted by atomic mass is 9.86. The number of unbranched alkanes of at least 4 members (excludes halogenated alkanes) is 1. The van der Waals surface area contributed by atoms with Gasteiger partial charge in [-0.25, -0.2) is 24.7 Å². The normalized spacial score (nSPS) is 17.8. The topological polar surface area (TPSA) is 114 Å². The van der Waals surface area contributed by atoms with Gasteiger partial charge in [0.15, 0.2) is 5.15 Å². The molecule has 34 heavy (non-hydrogen) atoms. The standard InChI is InChI=1S/C24H30ClN7O2/c1-2-3-12-34-24(33)31-19-14-28-23(29-15-19)27-13-16-4-7-18(8-5-16)30-20-9-6-17-10-11-26-22(25)21(17)32-20/h6,9-11,14-16,18H,2-5,7-8,12-13H2,1H3,(H,30,32)(H,31,33)(H,27,28,29)/t16-,18-. The molecule has 4 rings (SSSR count). The number of fused-ring (bicyclic) bond motifs is 1. The second-order valence-electron chi connectivity index (χ2n) is 8.52. The number of halogens is 1. The van der Waals surface area contributed by atoms with E-state index in [4.69, 9.17) is 16.3 Å². The van der Waals surface area contributed by atoms with Gasteiger partial charge in [0.25, 0.3) is 0 Å². The fraction of sp³-hybridized carbons (Fsp3) is 0.458. The highest BCUT2D eigenvalue weighted by Crippen LogP contribution is 2.27. The van der Waals surface area contributed by atoms with E-state index in [0.717, 1.165) is 61.8 Å². The Bertz CT molecular complexity index is 1090. The smallest absolute Gasteiger partial charge is 0.411 e. The number of carbonyl (C=O) groups excluding carboxylic acids is 1. The molecule has 0 spiro atoms. The number of hydrogen-bond acceptors (Lipinski definition) is 8. The maximum absolute atomic E-state index is 11.7. The van der Waals surface area contributed by atoms with Crippen molar-refractivity contribution < 1.29 is 9.53 Å². The summed E-state index contributed by atoms with van der Waals surface area (Å²) >= 11 is 6.19. The van der Waals surface area contributed by atoms with Crippen LogP contribution in [0.3, 0.4) is 0 Å². The highest BCUT2D eigenvalue weighted by molar-refractivity contribution is 6.33. The van der Waals surface area contributed by atoms with E-state index in [0.29, 0.717) is 35.4 Å². The zero-order chi connectivity index (χ0) is 23.8. The molecule has 0 radical (unpaired) electrons. The third-order valence-corrected chi connectivity index (χ3v) is 6.22. The Kier molecular flexibility index (Phi) is 8.30. The average Bonchev–Trinajstić information content (AvgIpc) is 2.85. The van der Waals surface area contributed by atoms with Crippen molar-refractivity contribution in [1.29, 1.82) is 0 Å². The number of pyridine rings is 2. The van der Waals surface area contributed by atoms with Crippen LogP contribution in [0.5, 0.6) is 0 Å². The summed E-state index contributed by atoms with van der Waals surface area (Å²) < 4.78 is 5.07. The van der Waals surface area contributed by atoms with Crippen LogP contribution in [0.15, 0.2) is 36.8 Å². The van der Waals surface area contributed by atoms with E-state index < -0.39 is 6.09 Å². The number of nitrogens with zero attached hydrogens (tertiary/aromatic N) is 4. The molecule has 180 valence electrons. The number of anilines is 3. The Morgan fingerprint density at radius 3 is 2.68 bits per heavy atom. The second kappa shape index (κ2) is 11.8. The average molecular weight is 484 g/mol. The lowest BCUT2D eigenvalue weighted by molar-refractivity contribution is 0.160. The minimum absolute atomic E-state index is 0.385. The Morgan fingerprint density at radius 2 is 1.91 bits per heavy atom. The van der Waals surface area contributed by atoms with Gasteiger partial charge < -0.3 is 15.4 Å². The van der Waals surface area contributed by atoms with Crippen LogP contribution in [0.4, 0.5) is 22.2 Å². The lowest BCUT2D eigenvalue weighted by Gasteiger charge is -2.29. The first kappa shape index (κ1) is 23.9. The molecule has 1 aliphatic rings. The van der Waals surface area contributed by atoms with Gasteiger partial charge in [-0.3, -0.25) is 5.32 Å². The molecule has 1 aliphatic carbocycles. The van der Waals surface area contributed by atoms with E-state index in [1.54, 1.807) is 18.6 Å². The molecular weight excluding hydrogens is 454 g/mol. The summed E-state index contributed by atoms with van der Waals surface area (Å²) in [5.74, 6) is 1.94. The van der Waals surface area contributed by atoms with Crippen LogP contribution in [0.25, 0.3) is 10.9 Å². The van der Waals surface area contributed by atoms with Gasteiger partial charge in [-0.1, -0.05) is 24.9 Å². The molecule has 0 atom stereocenters. The number of carbonyl (C=O) groups is 1. The molecule has 0 aliphatic heterocycles. The van der Waals surface area contributed by atoms with Gasteiger partial charge in [0.2, 0.25) is 5.95 Å². The molecule has 0 saturated heterocycles. The van der Waals surface area contributed by atoms with E-state index in [-0.39, 0.29) is 0 Å². The van der Waals surface area contributed by atoms with Gasteiger partial charge in [0.05, 0.1) is 24.7 Å². The minimum atomic E-state index is -0.484. The van der Waals surface area contributed by atoms with Crippen molar-refractivity contribution in [2.75, 3.05) is 29.1 Å². The largest absolute Gasteiger partial charge is 0.449 e. The minimum Gasteiger partial charge on any atom is -0.449 e. The van der Waals surface area contributed by atoms with Gasteiger partial charge in [-0.15, -0.1) is 0 Å². The Balaban J connectivity index is 1.19. The molecule has 0 aromatic carbocycles. The van der Waals surface area contributed by atoms with Crippen LogP contribution in [-0.2, 0) is 4.74 Å². The number of amides is 1. The summed E-state index contributed by atoms with van der Waals surface area (Å²) in [7, 11) is 0. The van der Waals surface area contributed by atoms with Gasteiger partial charge >= 0.3 is 6.09 Å². The third kappa shape index (κ3) is 6.66. The van der Waals surface area contributed by atoms with E-state index in [2.05, 4.69) is 35.9 Å². The van der Waals surface area contributed by atoms with Gasteiger partial charge in [-0.2, -0.15) is 0 Å². The van der Waals surface area contributed by atoms with Crippen LogP contribution < -0.4 is 16.0 Å². The van der Waals surface area contributed by atoms with Gasteiger partial charge in [0.1, 0.15) is 11.3 Å². The molecule has 1 fully saturated rings. The number of ether oxygens (including phenoxy) is 1. The molecular formula is C24H30ClN7O2. The van der Waals surface area contributed by atoms with Crippen molar-refractivity contribution in [3.63, 3.8) is 0 Å². The molecule has 0 bridgehead atoms. The SMILES string of the molecule is CCCCOC(=O)Nc1cnc(NC[C@H]2CC[C@H](Nc3ccc4ccnc(Cl)c4n3)CC2)nc1. The van der Waals surface area contributed by atoms with Crippen LogP contribution >= 0.6 is 11.6 Å². The molecule has 3 N–H and O–H groups in total. The van der Waals surface area contributed by atoms with Crippen LogP contribution in [0.1, 0.15) is 45.4 Å². The first-order valence-electron chi connectivity index (χ1n) is 11.8. The van der Waals surface area contributed by atoms with Crippen LogP contribution in [0, 0.1) is 5.92 Å². The highest BCUT2D eigenvalue weighted by Gasteiger charge is 2.21. The third-order valence-electron chi connectivity index (χ3n) is 5.94. The van der Waals surface area contributed by atoms with Crippen molar-refractivity contribution in [1.82, 2.24) is 19.9 Å². The molecule has 1 saturated carbocycles. The van der Waals surface area contributed by atoms with E-state index in [9.17, 15) is 4.79 Å². The van der Waals surface area contributed by atoms with Crippen molar-refractivity contribution >= 4 is 46.1 Å². The fourth-order valence-corrected chi connectivity index (χ4v) is 4.20. The Labute approximate surface area is 204 Å². The molecule has 3 aromatic heterocycles. The molecule has 3 heterocycles. The van der Waals surface area contributed by atoms with Crippen molar-refractivity contribution in [2.45, 2.75) is 51.5 Å². The van der Waals surface area contributed by atoms with E-state index >= 15 is 0 Å². The molecule has 0 unspecified atom stereocenters. The summed E-state index contributed by atoms with van der Waals surface area (Å²) in [6.07, 6.45) is 10.5. The summed E-state index contributed by atoms with van der Waals surface area (Å²) in [5, 5.41) is 10.9. The maximum atomic E-state index is 11.7. The van der Waals surface area contributed by atoms with Crippen molar-refractivity contribution in [3.05, 3.63) is 41.9 Å². The number of nitrogens with one attached hydrogen (secondary N) is 3. The number of rotatable bonds is 9. The summed E-state index contributed by atoms with van der Waals surface area (Å²) in [6, 6.07) is 6.30. The first-order chi connectivity index (χ1) is 16.6. The van der Waals surface area contributed by atoms with Crippen molar-refractivity contribution in [2.24, 2.45) is 5.92 Å². The zero-order valence-electron chi connectivity index (χ0n) is 19.3. The quantitative estimate of drug-likeness (QED) is 0.270. The maximum Gasteiger partial charge on any atom is 0.411 e. The lowest BCUT2D eigenvalue weighted by Crippen LogP contribution is -2.29. The van der Waals surface area contributed by atoms with E-state index in [1.807, 2.05) is 25.1 Å². The molecule has 3 aromatic rings. The molecule has 1 amide bonds. The monoisotopic (exact) mass is 483 g/mol. The van der Waals surface area contributed by atoms with Crippen LogP contribution in [0.2, 0.25) is 5.15 Å². The molecule has 10 heteroatoms. The van der Waals surface area contributed by atoms with E-state index in [1.165, 1.54) is 0 Å². The zero-order valence-corrected chi connectivity index (χ0v) is 20.0. The van der Waals surface area contributed by atoms with Crippen molar-refractivity contribution in [3.8, 4) is 0 Å². The first-order valence-corrected chi connectivity index (χ1v) is 12.2. The predicted octanol–water partition coefficient (Wildman–Crippen LogP) is 5.50. The highest BCUT2D eigenvalue weighted by atomic mass is 35.5. The summed E-state index contributed by atoms with van der Waals surface area (Å²) in [6.45, 7) is 3.26. The Morgan fingerprint density at radius 1 is 1.12 bits per heavy atom. The Hall–Kier alpha value is -3.20. The van der Waals surface area contributed by atoms with Gasteiger partial charge in [0, 0.05) is 24.2 Å². The summed E-state index contributed by atoms with van der Waals surface area (Å²) in [5.41, 5.74) is 1.24. The fourth-order valence-electron chi connectivity index (χ4n) is 4.00. The summed E-state index contributed by atoms with van der Waals surface area (Å²) in [4.78, 5) is 29.0. The van der Waals surface area contributed by atoms with Crippen LogP contribution in [-0.4, -0.2) is 45.2 Å². The molecule has 9 nitrogen and oxygen atoms in total. The predicted molar refractivity (Wildman–Crippen MR) is 134 cm³/mol. The second-order valence-corrected chi connectivity index (χ2v) is 8.88. The number of hydrogen-bond donors (Lipinski definition) is 3. The number of aromatic nitrogens is 4.